The SMILES string of the molecule is CNCc1ncc(-c2cc(Cl)cc(C)c2OC)[nH]1. The second kappa shape index (κ2) is 5.42. The highest BCUT2D eigenvalue weighted by Crippen LogP contribution is 2.34. The van der Waals surface area contributed by atoms with Crippen LogP contribution in [0.4, 0.5) is 0 Å². The van der Waals surface area contributed by atoms with Crippen molar-refractivity contribution in [3.8, 4) is 17.0 Å². The van der Waals surface area contributed by atoms with Gasteiger partial charge < -0.3 is 15.0 Å². The first kappa shape index (κ1) is 12.9. The van der Waals surface area contributed by atoms with Crippen LogP contribution in [0.5, 0.6) is 5.75 Å². The summed E-state index contributed by atoms with van der Waals surface area (Å²) in [6.07, 6.45) is 1.79. The van der Waals surface area contributed by atoms with Gasteiger partial charge in [0.05, 0.1) is 25.5 Å². The number of hydrogen-bond donors (Lipinski definition) is 2. The Kier molecular flexibility index (Phi) is 3.89. The minimum Gasteiger partial charge on any atom is -0.496 e. The number of aryl methyl sites for hydroxylation is 1. The standard InChI is InChI=1S/C13H16ClN3O/c1-8-4-9(14)5-10(13(8)18-3)11-6-16-12(17-11)7-15-2/h4-6,15H,7H2,1-3H3,(H,16,17). The molecule has 1 heterocycles. The van der Waals surface area contributed by atoms with Crippen molar-refractivity contribution >= 4 is 11.6 Å². The molecule has 0 aliphatic carbocycles. The molecule has 1 aromatic heterocycles. The van der Waals surface area contributed by atoms with Gasteiger partial charge in [-0.15, -0.1) is 0 Å². The topological polar surface area (TPSA) is 49.9 Å². The summed E-state index contributed by atoms with van der Waals surface area (Å²) in [5.41, 5.74) is 2.84. The molecule has 0 spiro atoms. The first-order chi connectivity index (χ1) is 8.65. The van der Waals surface area contributed by atoms with E-state index in [4.69, 9.17) is 16.3 Å². The molecule has 0 saturated carbocycles. The zero-order valence-electron chi connectivity index (χ0n) is 10.7. The summed E-state index contributed by atoms with van der Waals surface area (Å²) in [5, 5.41) is 3.74. The lowest BCUT2D eigenvalue weighted by atomic mass is 10.1. The van der Waals surface area contributed by atoms with E-state index in [-0.39, 0.29) is 0 Å². The van der Waals surface area contributed by atoms with Crippen molar-refractivity contribution in [1.82, 2.24) is 15.3 Å². The third-order valence-electron chi connectivity index (χ3n) is 2.71. The number of imidazole rings is 1. The van der Waals surface area contributed by atoms with Crippen molar-refractivity contribution in [3.05, 3.63) is 34.7 Å². The summed E-state index contributed by atoms with van der Waals surface area (Å²) in [4.78, 5) is 7.55. The zero-order chi connectivity index (χ0) is 13.1. The van der Waals surface area contributed by atoms with Crippen molar-refractivity contribution in [3.63, 3.8) is 0 Å². The van der Waals surface area contributed by atoms with Crippen molar-refractivity contribution in [2.75, 3.05) is 14.2 Å². The van der Waals surface area contributed by atoms with Crippen LogP contribution in [0.15, 0.2) is 18.3 Å². The van der Waals surface area contributed by atoms with E-state index in [0.29, 0.717) is 11.6 Å². The maximum atomic E-state index is 6.09. The Hall–Kier alpha value is -1.52. The molecule has 0 atom stereocenters. The van der Waals surface area contributed by atoms with Gasteiger partial charge in [0.1, 0.15) is 11.6 Å². The molecule has 4 nitrogen and oxygen atoms in total. The fraction of sp³-hybridized carbons (Fsp3) is 0.308. The van der Waals surface area contributed by atoms with Crippen LogP contribution in [0.1, 0.15) is 11.4 Å². The highest BCUT2D eigenvalue weighted by atomic mass is 35.5. The third kappa shape index (κ3) is 2.49. The molecule has 0 saturated heterocycles. The molecule has 0 fully saturated rings. The third-order valence-corrected chi connectivity index (χ3v) is 2.92. The zero-order valence-corrected chi connectivity index (χ0v) is 11.4. The number of halogens is 1. The number of benzene rings is 1. The molecule has 0 amide bonds. The summed E-state index contributed by atoms with van der Waals surface area (Å²) in [5.74, 6) is 1.70. The Labute approximate surface area is 111 Å². The largest absolute Gasteiger partial charge is 0.496 e. The number of nitrogens with zero attached hydrogens (tertiary/aromatic N) is 1. The van der Waals surface area contributed by atoms with Crippen molar-refractivity contribution in [2.24, 2.45) is 0 Å². The van der Waals surface area contributed by atoms with Crippen molar-refractivity contribution in [1.29, 1.82) is 0 Å². The van der Waals surface area contributed by atoms with Crippen LogP contribution in [0, 0.1) is 6.92 Å². The summed E-state index contributed by atoms with van der Waals surface area (Å²) in [6.45, 7) is 2.67. The highest BCUT2D eigenvalue weighted by Gasteiger charge is 2.12. The van der Waals surface area contributed by atoms with Crippen molar-refractivity contribution < 1.29 is 4.74 Å². The van der Waals surface area contributed by atoms with Gasteiger partial charge in [-0.05, 0) is 31.7 Å². The van der Waals surface area contributed by atoms with Crippen LogP contribution in [0.3, 0.4) is 0 Å². The summed E-state index contributed by atoms with van der Waals surface area (Å²) in [7, 11) is 3.54. The van der Waals surface area contributed by atoms with Gasteiger partial charge in [-0.1, -0.05) is 11.6 Å². The van der Waals surface area contributed by atoms with Crippen LogP contribution in [0.25, 0.3) is 11.3 Å². The number of nitrogens with one attached hydrogen (secondary N) is 2. The molecule has 0 unspecified atom stereocenters. The van der Waals surface area contributed by atoms with Gasteiger partial charge in [-0.2, -0.15) is 0 Å². The molecule has 1 aromatic carbocycles. The number of ether oxygens (including phenoxy) is 1. The van der Waals surface area contributed by atoms with Crippen LogP contribution in [0.2, 0.25) is 5.02 Å². The number of aromatic amines is 1. The fourth-order valence-corrected chi connectivity index (χ4v) is 2.23. The lowest BCUT2D eigenvalue weighted by molar-refractivity contribution is 0.413. The molecule has 0 radical (unpaired) electrons. The first-order valence-electron chi connectivity index (χ1n) is 5.68. The van der Waals surface area contributed by atoms with Gasteiger partial charge in [0.15, 0.2) is 0 Å². The smallest absolute Gasteiger partial charge is 0.131 e. The van der Waals surface area contributed by atoms with Gasteiger partial charge in [0.25, 0.3) is 0 Å². The average molecular weight is 266 g/mol. The number of rotatable bonds is 4. The first-order valence-corrected chi connectivity index (χ1v) is 6.06. The minimum absolute atomic E-state index is 0.688. The summed E-state index contributed by atoms with van der Waals surface area (Å²) in [6, 6.07) is 3.76. The van der Waals surface area contributed by atoms with E-state index < -0.39 is 0 Å². The lowest BCUT2D eigenvalue weighted by Gasteiger charge is -2.10. The molecule has 0 aliphatic heterocycles. The Morgan fingerprint density at radius 2 is 2.22 bits per heavy atom. The van der Waals surface area contributed by atoms with Crippen LogP contribution < -0.4 is 10.1 Å². The van der Waals surface area contributed by atoms with E-state index in [0.717, 1.165) is 28.4 Å². The number of hydrogen-bond acceptors (Lipinski definition) is 3. The fourth-order valence-electron chi connectivity index (χ4n) is 1.96. The Morgan fingerprint density at radius 3 is 2.89 bits per heavy atom. The lowest BCUT2D eigenvalue weighted by Crippen LogP contribution is -2.06. The van der Waals surface area contributed by atoms with E-state index in [1.165, 1.54) is 0 Å². The second-order valence-corrected chi connectivity index (χ2v) is 4.51. The van der Waals surface area contributed by atoms with Gasteiger partial charge in [-0.3, -0.25) is 0 Å². The van der Waals surface area contributed by atoms with Gasteiger partial charge in [0.2, 0.25) is 0 Å². The van der Waals surface area contributed by atoms with Gasteiger partial charge >= 0.3 is 0 Å². The molecule has 2 aromatic rings. The molecule has 5 heteroatoms. The molecule has 0 bridgehead atoms. The van der Waals surface area contributed by atoms with E-state index >= 15 is 0 Å². The van der Waals surface area contributed by atoms with Gasteiger partial charge in [0, 0.05) is 10.6 Å². The maximum absolute atomic E-state index is 6.09. The quantitative estimate of drug-likeness (QED) is 0.894. The van der Waals surface area contributed by atoms with E-state index in [2.05, 4.69) is 15.3 Å². The van der Waals surface area contributed by atoms with Crippen LogP contribution in [-0.4, -0.2) is 24.1 Å². The molecule has 0 aliphatic rings. The normalized spacial score (nSPS) is 10.7. The molecular formula is C13H16ClN3O. The number of methoxy groups -OCH3 is 1. The monoisotopic (exact) mass is 265 g/mol. The molecule has 2 rings (SSSR count). The molecular weight excluding hydrogens is 250 g/mol. The second-order valence-electron chi connectivity index (χ2n) is 4.08. The maximum Gasteiger partial charge on any atom is 0.131 e. The summed E-state index contributed by atoms with van der Waals surface area (Å²) >= 11 is 6.09. The predicted octanol–water partition coefficient (Wildman–Crippen LogP) is 2.77. The number of aromatic nitrogens is 2. The Balaban J connectivity index is 2.48. The number of H-pyrrole nitrogens is 1. The van der Waals surface area contributed by atoms with Crippen molar-refractivity contribution in [2.45, 2.75) is 13.5 Å². The molecule has 2 N–H and O–H groups in total. The van der Waals surface area contributed by atoms with Crippen LogP contribution in [-0.2, 0) is 6.54 Å². The van der Waals surface area contributed by atoms with Gasteiger partial charge in [-0.25, -0.2) is 4.98 Å². The molecule has 96 valence electrons. The Bertz CT molecular complexity index is 551. The highest BCUT2D eigenvalue weighted by molar-refractivity contribution is 6.31. The van der Waals surface area contributed by atoms with E-state index in [1.54, 1.807) is 13.3 Å². The molecule has 18 heavy (non-hydrogen) atoms. The predicted molar refractivity (Wildman–Crippen MR) is 73.1 cm³/mol. The minimum atomic E-state index is 0.688. The Morgan fingerprint density at radius 1 is 1.44 bits per heavy atom. The van der Waals surface area contributed by atoms with E-state index in [9.17, 15) is 0 Å². The van der Waals surface area contributed by atoms with Crippen LogP contribution >= 0.6 is 11.6 Å². The average Bonchev–Trinajstić information content (AvgIpc) is 2.77. The van der Waals surface area contributed by atoms with E-state index in [1.807, 2.05) is 26.1 Å². The summed E-state index contributed by atoms with van der Waals surface area (Å²) < 4.78 is 5.43.